The molecule has 7 heteroatoms. The Labute approximate surface area is 184 Å². The van der Waals surface area contributed by atoms with E-state index in [-0.39, 0.29) is 5.91 Å². The van der Waals surface area contributed by atoms with Crippen molar-refractivity contribution in [3.63, 3.8) is 0 Å². The number of ether oxygens (including phenoxy) is 1. The lowest BCUT2D eigenvalue weighted by Gasteiger charge is -2.07. The number of anilines is 1. The van der Waals surface area contributed by atoms with E-state index in [1.54, 1.807) is 31.1 Å². The summed E-state index contributed by atoms with van der Waals surface area (Å²) in [6.07, 6.45) is 6.08. The molecule has 0 atom stereocenters. The highest BCUT2D eigenvalue weighted by Crippen LogP contribution is 2.26. The first kappa shape index (κ1) is 20.7. The van der Waals surface area contributed by atoms with E-state index in [4.69, 9.17) is 4.74 Å². The predicted octanol–water partition coefficient (Wildman–Crippen LogP) is 5.26. The van der Waals surface area contributed by atoms with Gasteiger partial charge >= 0.3 is 0 Å². The molecule has 0 aliphatic rings. The monoisotopic (exact) mass is 430 g/mol. The molecule has 2 heterocycles. The third-order valence-electron chi connectivity index (χ3n) is 4.61. The van der Waals surface area contributed by atoms with Crippen LogP contribution in [0.5, 0.6) is 5.75 Å². The van der Waals surface area contributed by atoms with Gasteiger partial charge < -0.3 is 10.1 Å². The van der Waals surface area contributed by atoms with Gasteiger partial charge in [0.15, 0.2) is 0 Å². The molecule has 2 aromatic heterocycles. The molecular formula is C24H22N4O2S. The van der Waals surface area contributed by atoms with Crippen molar-refractivity contribution < 1.29 is 9.53 Å². The molecule has 6 nitrogen and oxygen atoms in total. The number of carbonyl (C=O) groups is 1. The van der Waals surface area contributed by atoms with Crippen LogP contribution in [0.1, 0.15) is 17.8 Å². The number of nitrogens with zero attached hydrogens (tertiary/aromatic N) is 2. The summed E-state index contributed by atoms with van der Waals surface area (Å²) < 4.78 is 5.18. The molecule has 0 aliphatic carbocycles. The number of H-pyrrole nitrogens is 1. The van der Waals surface area contributed by atoms with Crippen molar-refractivity contribution in [3.05, 3.63) is 78.2 Å². The third kappa shape index (κ3) is 5.52. The average molecular weight is 431 g/mol. The lowest BCUT2D eigenvalue weighted by Crippen LogP contribution is -2.12. The molecule has 0 saturated heterocycles. The van der Waals surface area contributed by atoms with Crippen molar-refractivity contribution in [2.45, 2.75) is 11.3 Å². The van der Waals surface area contributed by atoms with Crippen LogP contribution in [0.25, 0.3) is 23.1 Å². The molecule has 0 unspecified atom stereocenters. The summed E-state index contributed by atoms with van der Waals surface area (Å²) in [6.45, 7) is 0. The minimum absolute atomic E-state index is 0.0229. The third-order valence-corrected chi connectivity index (χ3v) is 5.61. The summed E-state index contributed by atoms with van der Waals surface area (Å²) in [6, 6.07) is 19.3. The summed E-state index contributed by atoms with van der Waals surface area (Å²) in [5.41, 5.74) is 3.46. The number of rotatable bonds is 8. The topological polar surface area (TPSA) is 79.9 Å². The molecular weight excluding hydrogens is 408 g/mol. The molecule has 2 N–H and O–H groups in total. The van der Waals surface area contributed by atoms with Crippen LogP contribution >= 0.6 is 11.8 Å². The zero-order valence-electron chi connectivity index (χ0n) is 17.0. The van der Waals surface area contributed by atoms with E-state index in [9.17, 15) is 4.79 Å². The standard InChI is InChI=1S/C24H22N4O2S/c1-30-19-7-4-6-18(15-19)26-24(29)12-14-31-20-9-10-21-22(27-28-23(21)16-20)11-8-17-5-2-3-13-25-17/h2-11,13,15-16H,12,14H2,1H3,(H,26,29)(H,27,28). The maximum absolute atomic E-state index is 12.2. The second-order valence-electron chi connectivity index (χ2n) is 6.78. The first-order valence-electron chi connectivity index (χ1n) is 9.85. The molecule has 0 radical (unpaired) electrons. The van der Waals surface area contributed by atoms with Gasteiger partial charge in [0.25, 0.3) is 0 Å². The Hall–Kier alpha value is -3.58. The van der Waals surface area contributed by atoms with Crippen LogP contribution in [-0.4, -0.2) is 34.0 Å². The molecule has 0 saturated carbocycles. The van der Waals surface area contributed by atoms with Gasteiger partial charge in [0.2, 0.25) is 5.91 Å². The Bertz CT molecular complexity index is 1200. The fourth-order valence-corrected chi connectivity index (χ4v) is 3.95. The number of aromatic nitrogens is 3. The minimum atomic E-state index is -0.0229. The predicted molar refractivity (Wildman–Crippen MR) is 126 cm³/mol. The van der Waals surface area contributed by atoms with Crippen LogP contribution in [0, 0.1) is 0 Å². The highest BCUT2D eigenvalue weighted by atomic mass is 32.2. The maximum atomic E-state index is 12.2. The van der Waals surface area contributed by atoms with Crippen LogP contribution in [0.2, 0.25) is 0 Å². The number of thioether (sulfide) groups is 1. The van der Waals surface area contributed by atoms with Crippen molar-refractivity contribution in [1.82, 2.24) is 15.2 Å². The molecule has 156 valence electrons. The van der Waals surface area contributed by atoms with E-state index < -0.39 is 0 Å². The minimum Gasteiger partial charge on any atom is -0.497 e. The lowest BCUT2D eigenvalue weighted by atomic mass is 10.2. The normalized spacial score (nSPS) is 11.1. The van der Waals surface area contributed by atoms with Gasteiger partial charge in [-0.2, -0.15) is 5.10 Å². The molecule has 31 heavy (non-hydrogen) atoms. The summed E-state index contributed by atoms with van der Waals surface area (Å²) in [4.78, 5) is 17.6. The summed E-state index contributed by atoms with van der Waals surface area (Å²) in [7, 11) is 1.60. The number of fused-ring (bicyclic) bond motifs is 1. The Morgan fingerprint density at radius 1 is 1.13 bits per heavy atom. The van der Waals surface area contributed by atoms with E-state index >= 15 is 0 Å². The second kappa shape index (κ2) is 9.95. The van der Waals surface area contributed by atoms with Gasteiger partial charge in [0, 0.05) is 40.4 Å². The Morgan fingerprint density at radius 2 is 2.06 bits per heavy atom. The highest BCUT2D eigenvalue weighted by Gasteiger charge is 2.07. The van der Waals surface area contributed by atoms with Gasteiger partial charge in [-0.05, 0) is 54.6 Å². The quantitative estimate of drug-likeness (QED) is 0.373. The van der Waals surface area contributed by atoms with E-state index in [0.29, 0.717) is 17.9 Å². The SMILES string of the molecule is COc1cccc(NC(=O)CCSc2ccc3c(C=Cc4ccccn4)n[nH]c3c2)c1. The molecule has 0 bridgehead atoms. The van der Waals surface area contributed by atoms with Crippen LogP contribution in [0.15, 0.2) is 71.8 Å². The average Bonchev–Trinajstić information content (AvgIpc) is 3.21. The van der Waals surface area contributed by atoms with Gasteiger partial charge in [-0.3, -0.25) is 14.9 Å². The molecule has 4 rings (SSSR count). The largest absolute Gasteiger partial charge is 0.497 e. The number of aromatic amines is 1. The summed E-state index contributed by atoms with van der Waals surface area (Å²) in [5, 5.41) is 11.4. The maximum Gasteiger partial charge on any atom is 0.225 e. The first-order valence-corrected chi connectivity index (χ1v) is 10.8. The van der Waals surface area contributed by atoms with E-state index in [0.717, 1.165) is 32.9 Å². The van der Waals surface area contributed by atoms with E-state index in [1.807, 2.05) is 48.6 Å². The zero-order chi connectivity index (χ0) is 21.5. The van der Waals surface area contributed by atoms with Crippen LogP contribution in [-0.2, 0) is 4.79 Å². The number of carbonyl (C=O) groups excluding carboxylic acids is 1. The molecule has 4 aromatic rings. The number of nitrogens with one attached hydrogen (secondary N) is 2. The van der Waals surface area contributed by atoms with Gasteiger partial charge in [-0.15, -0.1) is 11.8 Å². The number of hydrogen-bond acceptors (Lipinski definition) is 5. The molecule has 0 spiro atoms. The Balaban J connectivity index is 1.33. The number of methoxy groups -OCH3 is 1. The summed E-state index contributed by atoms with van der Waals surface area (Å²) in [5.74, 6) is 1.38. The lowest BCUT2D eigenvalue weighted by molar-refractivity contribution is -0.115. The summed E-state index contributed by atoms with van der Waals surface area (Å²) >= 11 is 1.64. The van der Waals surface area contributed by atoms with Crippen LogP contribution in [0.4, 0.5) is 5.69 Å². The van der Waals surface area contributed by atoms with Gasteiger partial charge in [-0.1, -0.05) is 12.1 Å². The Kier molecular flexibility index (Phi) is 6.64. The number of benzene rings is 2. The van der Waals surface area contributed by atoms with Crippen LogP contribution in [0.3, 0.4) is 0 Å². The molecule has 2 aromatic carbocycles. The Morgan fingerprint density at radius 3 is 2.90 bits per heavy atom. The number of amides is 1. The van der Waals surface area contributed by atoms with Gasteiger partial charge in [-0.25, -0.2) is 0 Å². The van der Waals surface area contributed by atoms with E-state index in [1.165, 1.54) is 0 Å². The first-order chi connectivity index (χ1) is 15.2. The molecule has 0 fully saturated rings. The van der Waals surface area contributed by atoms with Gasteiger partial charge in [0.05, 0.1) is 24.0 Å². The molecule has 1 amide bonds. The van der Waals surface area contributed by atoms with Crippen molar-refractivity contribution in [2.75, 3.05) is 18.2 Å². The van der Waals surface area contributed by atoms with Gasteiger partial charge in [0.1, 0.15) is 5.75 Å². The fraction of sp³-hybridized carbons (Fsp3) is 0.125. The van der Waals surface area contributed by atoms with Crippen LogP contribution < -0.4 is 10.1 Å². The van der Waals surface area contributed by atoms with Crippen molar-refractivity contribution in [2.24, 2.45) is 0 Å². The highest BCUT2D eigenvalue weighted by molar-refractivity contribution is 7.99. The second-order valence-corrected chi connectivity index (χ2v) is 7.95. The number of pyridine rings is 1. The fourth-order valence-electron chi connectivity index (χ4n) is 3.06. The van der Waals surface area contributed by atoms with Crippen molar-refractivity contribution >= 4 is 46.4 Å². The van der Waals surface area contributed by atoms with Crippen molar-refractivity contribution in [3.8, 4) is 5.75 Å². The van der Waals surface area contributed by atoms with Crippen molar-refractivity contribution in [1.29, 1.82) is 0 Å². The smallest absolute Gasteiger partial charge is 0.225 e. The zero-order valence-corrected chi connectivity index (χ0v) is 17.9. The van der Waals surface area contributed by atoms with E-state index in [2.05, 4.69) is 38.7 Å². The molecule has 0 aliphatic heterocycles. The number of hydrogen-bond donors (Lipinski definition) is 2.